The highest BCUT2D eigenvalue weighted by Gasteiger charge is 2.39. The first-order valence-electron chi connectivity index (χ1n) is 14.0. The van der Waals surface area contributed by atoms with Crippen molar-refractivity contribution < 1.29 is 27.5 Å². The lowest BCUT2D eigenvalue weighted by Crippen LogP contribution is -2.43. The minimum Gasteiger partial charge on any atom is -0.495 e. The van der Waals surface area contributed by atoms with E-state index in [0.717, 1.165) is 37.1 Å². The monoisotopic (exact) mass is 597 g/mol. The van der Waals surface area contributed by atoms with Crippen LogP contribution in [0.5, 0.6) is 5.75 Å². The second kappa shape index (κ2) is 12.5. The summed E-state index contributed by atoms with van der Waals surface area (Å²) in [6.45, 7) is 3.17. The van der Waals surface area contributed by atoms with Crippen LogP contribution in [0.4, 0.5) is 30.6 Å². The summed E-state index contributed by atoms with van der Waals surface area (Å²) >= 11 is 0. The molecule has 1 saturated heterocycles. The van der Waals surface area contributed by atoms with Crippen molar-refractivity contribution in [3.63, 3.8) is 0 Å². The minimum absolute atomic E-state index is 0.0804. The Morgan fingerprint density at radius 1 is 1.07 bits per heavy atom. The third-order valence-corrected chi connectivity index (χ3v) is 7.77. The Hall–Kier alpha value is -4.39. The number of hydrogen-bond donors (Lipinski definition) is 4. The van der Waals surface area contributed by atoms with Crippen LogP contribution >= 0.6 is 0 Å². The zero-order valence-corrected chi connectivity index (χ0v) is 24.1. The number of hydrogen-bond acceptors (Lipinski definition) is 8. The van der Waals surface area contributed by atoms with E-state index in [-0.39, 0.29) is 23.8 Å². The molecule has 0 saturated carbocycles. The van der Waals surface area contributed by atoms with Gasteiger partial charge in [-0.3, -0.25) is 9.59 Å². The van der Waals surface area contributed by atoms with Crippen LogP contribution < -0.4 is 26.0 Å². The van der Waals surface area contributed by atoms with Crippen LogP contribution in [0, 0.1) is 0 Å². The number of halogens is 3. The molecule has 13 heteroatoms. The second-order valence-corrected chi connectivity index (χ2v) is 10.9. The average molecular weight is 598 g/mol. The fraction of sp³-hybridized carbons (Fsp3) is 0.400. The van der Waals surface area contributed by atoms with Crippen molar-refractivity contribution in [2.24, 2.45) is 0 Å². The van der Waals surface area contributed by atoms with E-state index in [1.165, 1.54) is 14.0 Å². The number of ether oxygens (including phenoxy) is 1. The summed E-state index contributed by atoms with van der Waals surface area (Å²) in [6.07, 6.45) is -1.91. The third kappa shape index (κ3) is 6.99. The number of benzene rings is 2. The fourth-order valence-corrected chi connectivity index (χ4v) is 5.54. The predicted molar refractivity (Wildman–Crippen MR) is 155 cm³/mol. The number of rotatable bonds is 8. The molecule has 228 valence electrons. The number of piperidine rings is 1. The zero-order valence-electron chi connectivity index (χ0n) is 24.1. The highest BCUT2D eigenvalue weighted by molar-refractivity contribution is 5.95. The van der Waals surface area contributed by atoms with Gasteiger partial charge in [-0.05, 0) is 68.7 Å². The number of nitrogens with zero attached hydrogens (tertiary/aromatic N) is 3. The molecule has 4 N–H and O–H groups in total. The number of nitrogens with one attached hydrogen (secondary N) is 4. The Kier molecular flexibility index (Phi) is 8.71. The molecule has 1 aliphatic carbocycles. The van der Waals surface area contributed by atoms with Crippen LogP contribution in [0.25, 0.3) is 0 Å². The predicted octanol–water partition coefficient (Wildman–Crippen LogP) is 4.29. The highest BCUT2D eigenvalue weighted by atomic mass is 19.4. The zero-order chi connectivity index (χ0) is 30.7. The Morgan fingerprint density at radius 3 is 2.51 bits per heavy atom. The third-order valence-electron chi connectivity index (χ3n) is 7.77. The van der Waals surface area contributed by atoms with Gasteiger partial charge in [-0.2, -0.15) is 18.2 Å². The molecular weight excluding hydrogens is 563 g/mol. The Labute approximate surface area is 247 Å². The highest BCUT2D eigenvalue weighted by Crippen LogP contribution is 2.38. The molecule has 2 amide bonds. The number of methoxy groups -OCH3 is 1. The first kappa shape index (κ1) is 30.1. The number of carbonyl (C=O) groups excluding carboxylic acids is 2. The van der Waals surface area contributed by atoms with Crippen molar-refractivity contribution in [3.8, 4) is 5.75 Å². The number of anilines is 3. The van der Waals surface area contributed by atoms with Gasteiger partial charge >= 0.3 is 6.18 Å². The Balaban J connectivity index is 1.37. The van der Waals surface area contributed by atoms with Gasteiger partial charge in [-0.1, -0.05) is 24.3 Å². The van der Waals surface area contributed by atoms with Crippen molar-refractivity contribution in [1.82, 2.24) is 25.5 Å². The molecule has 2 heterocycles. The summed E-state index contributed by atoms with van der Waals surface area (Å²) in [5.74, 6) is -0.769. The lowest BCUT2D eigenvalue weighted by molar-refractivity contribution is -0.137. The number of carbonyl (C=O) groups is 2. The van der Waals surface area contributed by atoms with Crippen LogP contribution in [0.3, 0.4) is 0 Å². The van der Waals surface area contributed by atoms with Gasteiger partial charge < -0.3 is 30.9 Å². The minimum atomic E-state index is -4.73. The van der Waals surface area contributed by atoms with Crippen LogP contribution in [0.2, 0.25) is 0 Å². The van der Waals surface area contributed by atoms with Crippen molar-refractivity contribution in [2.45, 2.75) is 50.5 Å². The summed E-state index contributed by atoms with van der Waals surface area (Å²) in [6, 6.07) is 11.1. The summed E-state index contributed by atoms with van der Waals surface area (Å²) < 4.78 is 47.5. The van der Waals surface area contributed by atoms with Gasteiger partial charge in [0.15, 0.2) is 0 Å². The molecule has 0 radical (unpaired) electrons. The van der Waals surface area contributed by atoms with Gasteiger partial charge in [0.2, 0.25) is 11.9 Å². The van der Waals surface area contributed by atoms with E-state index in [0.29, 0.717) is 29.6 Å². The number of likely N-dealkylation sites (tertiary alicyclic amines) is 1. The standard InChI is InChI=1S/C30H34F3N7O3/c1-17(41)35-26-21-7-5-4-6-18(21)14-24(26)37-27-22(30(31,32)33)16-34-29(39-27)38-23-9-8-19(15-25(23)43-3)28(42)36-20-10-12-40(2)13-11-20/h4-9,15-16,20,24,26H,10-14H2,1-3H3,(H,35,41)(H,36,42)(H2,34,37,38,39). The van der Waals surface area contributed by atoms with Crippen molar-refractivity contribution in [2.75, 3.05) is 37.9 Å². The van der Waals surface area contributed by atoms with Gasteiger partial charge in [0.05, 0.1) is 24.9 Å². The molecule has 2 atom stereocenters. The Bertz CT molecular complexity index is 1490. The lowest BCUT2D eigenvalue weighted by Gasteiger charge is -2.29. The fourth-order valence-electron chi connectivity index (χ4n) is 5.54. The second-order valence-electron chi connectivity index (χ2n) is 10.9. The van der Waals surface area contributed by atoms with Crippen LogP contribution in [0.15, 0.2) is 48.7 Å². The molecule has 1 aliphatic heterocycles. The molecule has 1 aromatic heterocycles. The summed E-state index contributed by atoms with van der Waals surface area (Å²) in [4.78, 5) is 35.1. The average Bonchev–Trinajstić information content (AvgIpc) is 3.30. The molecule has 1 fully saturated rings. The normalized spacial score (nSPS) is 18.9. The Morgan fingerprint density at radius 2 is 1.81 bits per heavy atom. The van der Waals surface area contributed by atoms with E-state index < -0.39 is 29.6 Å². The quantitative estimate of drug-likeness (QED) is 0.304. The lowest BCUT2D eigenvalue weighted by atomic mass is 10.0. The van der Waals surface area contributed by atoms with E-state index in [1.807, 2.05) is 31.3 Å². The van der Waals surface area contributed by atoms with E-state index in [4.69, 9.17) is 4.74 Å². The van der Waals surface area contributed by atoms with Crippen molar-refractivity contribution in [1.29, 1.82) is 0 Å². The first-order valence-corrected chi connectivity index (χ1v) is 14.0. The summed E-state index contributed by atoms with van der Waals surface area (Å²) in [7, 11) is 3.48. The van der Waals surface area contributed by atoms with Gasteiger partial charge in [-0.25, -0.2) is 4.98 Å². The smallest absolute Gasteiger partial charge is 0.421 e. The number of alkyl halides is 3. The number of fused-ring (bicyclic) bond motifs is 1. The maximum Gasteiger partial charge on any atom is 0.421 e. The van der Waals surface area contributed by atoms with Gasteiger partial charge in [0, 0.05) is 24.7 Å². The molecule has 43 heavy (non-hydrogen) atoms. The molecule has 0 spiro atoms. The van der Waals surface area contributed by atoms with E-state index in [9.17, 15) is 22.8 Å². The molecule has 2 aromatic carbocycles. The molecular formula is C30H34F3N7O3. The SMILES string of the molecule is COc1cc(C(=O)NC2CCN(C)CC2)ccc1Nc1ncc(C(F)(F)F)c(NC2Cc3ccccc3C2NC(C)=O)n1. The van der Waals surface area contributed by atoms with Crippen LogP contribution in [0.1, 0.15) is 52.9 Å². The number of aromatic nitrogens is 2. The molecule has 2 unspecified atom stereocenters. The molecule has 3 aromatic rings. The first-order chi connectivity index (χ1) is 20.5. The maximum absolute atomic E-state index is 14.0. The van der Waals surface area contributed by atoms with Gasteiger partial charge in [-0.15, -0.1) is 0 Å². The molecule has 0 bridgehead atoms. The van der Waals surface area contributed by atoms with Crippen LogP contribution in [-0.2, 0) is 17.4 Å². The maximum atomic E-state index is 14.0. The van der Waals surface area contributed by atoms with Crippen molar-refractivity contribution in [3.05, 3.63) is 70.9 Å². The molecule has 5 rings (SSSR count). The van der Waals surface area contributed by atoms with Crippen LogP contribution in [-0.4, -0.2) is 66.0 Å². The van der Waals surface area contributed by atoms with E-state index in [2.05, 4.69) is 36.1 Å². The van der Waals surface area contributed by atoms with E-state index in [1.54, 1.807) is 18.2 Å². The molecule has 10 nitrogen and oxygen atoms in total. The number of amides is 2. The summed E-state index contributed by atoms with van der Waals surface area (Å²) in [5, 5.41) is 11.7. The largest absolute Gasteiger partial charge is 0.495 e. The molecule has 2 aliphatic rings. The topological polar surface area (TPSA) is 121 Å². The van der Waals surface area contributed by atoms with E-state index >= 15 is 0 Å². The van der Waals surface area contributed by atoms with Crippen molar-refractivity contribution >= 4 is 29.3 Å². The van der Waals surface area contributed by atoms with Gasteiger partial charge in [0.1, 0.15) is 17.1 Å². The summed E-state index contributed by atoms with van der Waals surface area (Å²) in [5.41, 5.74) is 1.48. The van der Waals surface area contributed by atoms with Gasteiger partial charge in [0.25, 0.3) is 5.91 Å².